The molecule has 2 aromatic carbocycles. The van der Waals surface area contributed by atoms with Crippen LogP contribution in [0.5, 0.6) is 0 Å². The molecular formula is C20H19N3. The van der Waals surface area contributed by atoms with Crippen LogP contribution in [0, 0.1) is 11.3 Å². The second kappa shape index (κ2) is 6.10. The highest BCUT2D eigenvalue weighted by Crippen LogP contribution is 2.23. The van der Waals surface area contributed by atoms with Crippen LogP contribution in [0.15, 0.2) is 48.5 Å². The molecule has 0 unspecified atom stereocenters. The molecule has 1 aromatic heterocycles. The van der Waals surface area contributed by atoms with Gasteiger partial charge < -0.3 is 4.57 Å². The second-order valence-electron chi connectivity index (χ2n) is 5.97. The van der Waals surface area contributed by atoms with E-state index in [9.17, 15) is 5.26 Å². The molecule has 3 aromatic rings. The van der Waals surface area contributed by atoms with Gasteiger partial charge in [0.15, 0.2) is 5.82 Å². The summed E-state index contributed by atoms with van der Waals surface area (Å²) in [4.78, 5) is 4.60. The second-order valence-corrected chi connectivity index (χ2v) is 5.97. The molecule has 0 aliphatic rings. The number of para-hydroxylation sites is 2. The van der Waals surface area contributed by atoms with Crippen molar-refractivity contribution in [3.8, 4) is 6.07 Å². The lowest BCUT2D eigenvalue weighted by Crippen LogP contribution is -1.96. The van der Waals surface area contributed by atoms with E-state index in [0.717, 1.165) is 16.6 Å². The first-order chi connectivity index (χ1) is 11.1. The molecule has 0 atom stereocenters. The van der Waals surface area contributed by atoms with Crippen molar-refractivity contribution >= 4 is 22.7 Å². The van der Waals surface area contributed by atoms with E-state index in [1.807, 2.05) is 42.0 Å². The lowest BCUT2D eigenvalue weighted by atomic mass is 10.0. The van der Waals surface area contributed by atoms with Gasteiger partial charge in [0.05, 0.1) is 16.6 Å². The molecule has 0 spiro atoms. The van der Waals surface area contributed by atoms with Crippen molar-refractivity contribution in [2.24, 2.45) is 7.05 Å². The Hall–Kier alpha value is -2.86. The van der Waals surface area contributed by atoms with Gasteiger partial charge in [0, 0.05) is 7.05 Å². The summed E-state index contributed by atoms with van der Waals surface area (Å²) >= 11 is 0. The topological polar surface area (TPSA) is 41.6 Å². The minimum atomic E-state index is 0.503. The minimum Gasteiger partial charge on any atom is -0.327 e. The van der Waals surface area contributed by atoms with Crippen molar-refractivity contribution in [2.75, 3.05) is 0 Å². The lowest BCUT2D eigenvalue weighted by molar-refractivity contribution is 0.866. The molecule has 0 saturated carbocycles. The fourth-order valence-electron chi connectivity index (χ4n) is 2.68. The van der Waals surface area contributed by atoms with Crippen LogP contribution in [0.4, 0.5) is 0 Å². The molecule has 0 N–H and O–H groups in total. The van der Waals surface area contributed by atoms with Gasteiger partial charge in [-0.15, -0.1) is 0 Å². The summed E-state index contributed by atoms with van der Waals surface area (Å²) in [5.41, 5.74) is 4.81. The van der Waals surface area contributed by atoms with Crippen molar-refractivity contribution in [3.05, 3.63) is 65.5 Å². The van der Waals surface area contributed by atoms with Gasteiger partial charge in [-0.1, -0.05) is 50.2 Å². The summed E-state index contributed by atoms with van der Waals surface area (Å²) in [6, 6.07) is 18.5. The van der Waals surface area contributed by atoms with Crippen molar-refractivity contribution in [2.45, 2.75) is 19.8 Å². The Morgan fingerprint density at radius 3 is 2.43 bits per heavy atom. The van der Waals surface area contributed by atoms with Gasteiger partial charge in [-0.3, -0.25) is 0 Å². The number of rotatable bonds is 3. The van der Waals surface area contributed by atoms with E-state index in [1.165, 1.54) is 5.56 Å². The highest BCUT2D eigenvalue weighted by Gasteiger charge is 2.11. The summed E-state index contributed by atoms with van der Waals surface area (Å²) < 4.78 is 1.97. The Bertz CT molecular complexity index is 906. The van der Waals surface area contributed by atoms with Crippen LogP contribution in [0.25, 0.3) is 22.7 Å². The smallest absolute Gasteiger partial charge is 0.151 e. The van der Waals surface area contributed by atoms with Gasteiger partial charge in [-0.2, -0.15) is 5.26 Å². The highest BCUT2D eigenvalue weighted by atomic mass is 15.1. The third-order valence-electron chi connectivity index (χ3n) is 4.06. The van der Waals surface area contributed by atoms with Crippen LogP contribution >= 0.6 is 0 Å². The van der Waals surface area contributed by atoms with Crippen LogP contribution in [-0.4, -0.2) is 9.55 Å². The average Bonchev–Trinajstić information content (AvgIpc) is 2.90. The first kappa shape index (κ1) is 15.1. The maximum atomic E-state index is 9.56. The van der Waals surface area contributed by atoms with Gasteiger partial charge >= 0.3 is 0 Å². The molecule has 0 bridgehead atoms. The van der Waals surface area contributed by atoms with E-state index >= 15 is 0 Å². The zero-order valence-corrected chi connectivity index (χ0v) is 13.6. The number of hydrogen-bond donors (Lipinski definition) is 0. The first-order valence-corrected chi connectivity index (χ1v) is 7.73. The predicted molar refractivity (Wildman–Crippen MR) is 94.7 cm³/mol. The van der Waals surface area contributed by atoms with E-state index < -0.39 is 0 Å². The van der Waals surface area contributed by atoms with E-state index in [0.29, 0.717) is 17.3 Å². The minimum absolute atomic E-state index is 0.503. The Balaban J connectivity index is 2.04. The molecule has 23 heavy (non-hydrogen) atoms. The van der Waals surface area contributed by atoms with Crippen LogP contribution < -0.4 is 0 Å². The van der Waals surface area contributed by atoms with Gasteiger partial charge in [-0.05, 0) is 35.3 Å². The third-order valence-corrected chi connectivity index (χ3v) is 4.06. The van der Waals surface area contributed by atoms with E-state index in [4.69, 9.17) is 0 Å². The molecule has 0 radical (unpaired) electrons. The molecule has 114 valence electrons. The number of nitrogens with zero attached hydrogens (tertiary/aromatic N) is 3. The molecule has 0 fully saturated rings. The van der Waals surface area contributed by atoms with Crippen molar-refractivity contribution in [1.82, 2.24) is 9.55 Å². The number of allylic oxidation sites excluding steroid dienone is 1. The molecule has 1 heterocycles. The zero-order chi connectivity index (χ0) is 16.4. The zero-order valence-electron chi connectivity index (χ0n) is 13.6. The van der Waals surface area contributed by atoms with Gasteiger partial charge in [-0.25, -0.2) is 4.98 Å². The average molecular weight is 301 g/mol. The summed E-state index contributed by atoms with van der Waals surface area (Å²) in [5, 5.41) is 9.56. The van der Waals surface area contributed by atoms with Gasteiger partial charge in [0.1, 0.15) is 6.07 Å². The predicted octanol–water partition coefficient (Wildman–Crippen LogP) is 4.76. The Morgan fingerprint density at radius 1 is 1.13 bits per heavy atom. The molecular weight excluding hydrogens is 282 g/mol. The quantitative estimate of drug-likeness (QED) is 0.654. The molecule has 3 heteroatoms. The molecule has 3 nitrogen and oxygen atoms in total. The van der Waals surface area contributed by atoms with Crippen LogP contribution in [0.2, 0.25) is 0 Å². The Morgan fingerprint density at radius 2 is 1.83 bits per heavy atom. The maximum Gasteiger partial charge on any atom is 0.151 e. The number of nitriles is 1. The molecule has 3 rings (SSSR count). The van der Waals surface area contributed by atoms with Crippen LogP contribution in [0.3, 0.4) is 0 Å². The van der Waals surface area contributed by atoms with Gasteiger partial charge in [0.2, 0.25) is 0 Å². The normalized spacial score (nSPS) is 11.9. The van der Waals surface area contributed by atoms with E-state index in [1.54, 1.807) is 0 Å². The summed E-state index contributed by atoms with van der Waals surface area (Å²) in [7, 11) is 1.94. The summed E-state index contributed by atoms with van der Waals surface area (Å²) in [5.74, 6) is 1.20. The summed E-state index contributed by atoms with van der Waals surface area (Å²) in [6.07, 6.45) is 1.89. The molecule has 0 aliphatic heterocycles. The van der Waals surface area contributed by atoms with Crippen molar-refractivity contribution in [1.29, 1.82) is 5.26 Å². The molecule has 0 amide bonds. The highest BCUT2D eigenvalue weighted by molar-refractivity contribution is 5.90. The number of benzene rings is 2. The summed E-state index contributed by atoms with van der Waals surface area (Å²) in [6.45, 7) is 4.34. The van der Waals surface area contributed by atoms with E-state index in [2.05, 4.69) is 49.2 Å². The Labute approximate surface area is 136 Å². The molecule has 0 aliphatic carbocycles. The van der Waals surface area contributed by atoms with Crippen molar-refractivity contribution < 1.29 is 0 Å². The SMILES string of the molecule is CC(C)c1ccc(/C=C(/C#N)c2nc3ccccc3n2C)cc1. The monoisotopic (exact) mass is 301 g/mol. The number of imidazole rings is 1. The number of hydrogen-bond acceptors (Lipinski definition) is 2. The fourth-order valence-corrected chi connectivity index (χ4v) is 2.68. The van der Waals surface area contributed by atoms with Crippen molar-refractivity contribution in [3.63, 3.8) is 0 Å². The standard InChI is InChI=1S/C20H19N3/c1-14(2)16-10-8-15(9-11-16)12-17(13-21)20-22-18-6-4-5-7-19(18)23(20)3/h4-12,14H,1-3H3/b17-12-. The fraction of sp³-hybridized carbons (Fsp3) is 0.200. The number of aromatic nitrogens is 2. The third kappa shape index (κ3) is 2.89. The number of aryl methyl sites for hydroxylation is 1. The molecule has 0 saturated heterocycles. The largest absolute Gasteiger partial charge is 0.327 e. The Kier molecular flexibility index (Phi) is 3.99. The maximum absolute atomic E-state index is 9.56. The van der Waals surface area contributed by atoms with Crippen LogP contribution in [-0.2, 0) is 7.05 Å². The first-order valence-electron chi connectivity index (χ1n) is 7.73. The number of fused-ring (bicyclic) bond motifs is 1. The van der Waals surface area contributed by atoms with E-state index in [-0.39, 0.29) is 0 Å². The van der Waals surface area contributed by atoms with Gasteiger partial charge in [0.25, 0.3) is 0 Å². The lowest BCUT2D eigenvalue weighted by Gasteiger charge is -2.05. The van der Waals surface area contributed by atoms with Crippen LogP contribution in [0.1, 0.15) is 36.7 Å².